The summed E-state index contributed by atoms with van der Waals surface area (Å²) in [6.07, 6.45) is 0.591. The quantitative estimate of drug-likeness (QED) is 0.755. The third-order valence-corrected chi connectivity index (χ3v) is 4.27. The van der Waals surface area contributed by atoms with Gasteiger partial charge >= 0.3 is 12.0 Å². The second-order valence-corrected chi connectivity index (χ2v) is 6.50. The van der Waals surface area contributed by atoms with Crippen molar-refractivity contribution in [2.75, 3.05) is 19.6 Å². The Morgan fingerprint density at radius 2 is 2.00 bits per heavy atom. The van der Waals surface area contributed by atoms with Crippen molar-refractivity contribution in [2.45, 2.75) is 26.8 Å². The van der Waals surface area contributed by atoms with Crippen LogP contribution in [0.15, 0.2) is 24.3 Å². The van der Waals surface area contributed by atoms with Crippen molar-refractivity contribution in [1.82, 2.24) is 15.5 Å². The Balaban J connectivity index is 1.94. The summed E-state index contributed by atoms with van der Waals surface area (Å²) < 4.78 is 0. The molecule has 1 aromatic rings. The molecule has 0 radical (unpaired) electrons. The molecule has 0 saturated carbocycles. The van der Waals surface area contributed by atoms with Crippen LogP contribution in [0.25, 0.3) is 0 Å². The molecular formula is C18H25N3O4. The minimum Gasteiger partial charge on any atom is -0.481 e. The smallest absolute Gasteiger partial charge is 0.317 e. The van der Waals surface area contributed by atoms with Gasteiger partial charge in [0.15, 0.2) is 0 Å². The fourth-order valence-electron chi connectivity index (χ4n) is 3.07. The second kappa shape index (κ2) is 8.50. The summed E-state index contributed by atoms with van der Waals surface area (Å²) in [7, 11) is 0. The van der Waals surface area contributed by atoms with Crippen LogP contribution in [0.1, 0.15) is 36.2 Å². The molecule has 2 rings (SSSR count). The second-order valence-electron chi connectivity index (χ2n) is 6.50. The molecule has 0 aromatic heterocycles. The van der Waals surface area contributed by atoms with Crippen LogP contribution in [0, 0.1) is 11.8 Å². The Hall–Kier alpha value is -2.57. The molecule has 1 aliphatic heterocycles. The number of aliphatic carboxylic acids is 1. The highest BCUT2D eigenvalue weighted by atomic mass is 16.4. The lowest BCUT2D eigenvalue weighted by Crippen LogP contribution is -2.49. The van der Waals surface area contributed by atoms with Gasteiger partial charge in [-0.05, 0) is 37.0 Å². The van der Waals surface area contributed by atoms with Gasteiger partial charge in [0.05, 0.1) is 5.92 Å². The van der Waals surface area contributed by atoms with E-state index in [1.807, 2.05) is 19.9 Å². The highest BCUT2D eigenvalue weighted by Gasteiger charge is 2.31. The molecule has 1 aliphatic rings. The van der Waals surface area contributed by atoms with E-state index in [0.29, 0.717) is 25.1 Å². The zero-order chi connectivity index (χ0) is 18.4. The first-order chi connectivity index (χ1) is 11.9. The predicted molar refractivity (Wildman–Crippen MR) is 93.2 cm³/mol. The van der Waals surface area contributed by atoms with Gasteiger partial charge in [-0.3, -0.25) is 9.59 Å². The molecule has 7 heteroatoms. The van der Waals surface area contributed by atoms with Crippen LogP contribution in [0.5, 0.6) is 0 Å². The molecule has 0 aliphatic carbocycles. The van der Waals surface area contributed by atoms with E-state index in [0.717, 1.165) is 5.56 Å². The number of nitrogens with one attached hydrogen (secondary N) is 2. The maximum atomic E-state index is 12.3. The highest BCUT2D eigenvalue weighted by Crippen LogP contribution is 2.21. The molecular weight excluding hydrogens is 322 g/mol. The zero-order valence-corrected chi connectivity index (χ0v) is 14.6. The molecule has 0 spiro atoms. The summed E-state index contributed by atoms with van der Waals surface area (Å²) in [5.41, 5.74) is 1.36. The van der Waals surface area contributed by atoms with Gasteiger partial charge in [-0.1, -0.05) is 19.1 Å². The number of hydrogen-bond donors (Lipinski definition) is 3. The van der Waals surface area contributed by atoms with E-state index >= 15 is 0 Å². The number of carbonyl (C=O) groups excluding carboxylic acids is 2. The summed E-state index contributed by atoms with van der Waals surface area (Å²) in [6.45, 7) is 5.42. The van der Waals surface area contributed by atoms with E-state index in [1.165, 1.54) is 0 Å². The molecule has 7 nitrogen and oxygen atoms in total. The molecule has 1 fully saturated rings. The monoisotopic (exact) mass is 347 g/mol. The van der Waals surface area contributed by atoms with Crippen molar-refractivity contribution in [3.63, 3.8) is 0 Å². The Morgan fingerprint density at radius 1 is 1.24 bits per heavy atom. The van der Waals surface area contributed by atoms with E-state index in [4.69, 9.17) is 0 Å². The number of rotatable bonds is 5. The lowest BCUT2D eigenvalue weighted by Gasteiger charge is -2.34. The van der Waals surface area contributed by atoms with Gasteiger partial charge in [-0.15, -0.1) is 0 Å². The lowest BCUT2D eigenvalue weighted by atomic mass is 9.91. The molecule has 1 aromatic carbocycles. The van der Waals surface area contributed by atoms with E-state index in [-0.39, 0.29) is 30.9 Å². The summed E-state index contributed by atoms with van der Waals surface area (Å²) in [5.74, 6) is -1.37. The average Bonchev–Trinajstić information content (AvgIpc) is 2.59. The van der Waals surface area contributed by atoms with Crippen molar-refractivity contribution < 1.29 is 19.5 Å². The molecule has 2 atom stereocenters. The maximum Gasteiger partial charge on any atom is 0.317 e. The SMILES string of the molecule is CCNC(=O)c1cccc(CNC(=O)N2CC(C)CC(C(=O)O)C2)c1. The lowest BCUT2D eigenvalue weighted by molar-refractivity contribution is -0.143. The van der Waals surface area contributed by atoms with Crippen LogP contribution in [0.4, 0.5) is 4.79 Å². The fraction of sp³-hybridized carbons (Fsp3) is 0.500. The van der Waals surface area contributed by atoms with Crippen LogP contribution in [-0.2, 0) is 11.3 Å². The minimum atomic E-state index is -0.862. The molecule has 2 unspecified atom stereocenters. The number of hydrogen-bond acceptors (Lipinski definition) is 3. The number of carboxylic acids is 1. The van der Waals surface area contributed by atoms with Gasteiger partial charge in [0.25, 0.3) is 5.91 Å². The van der Waals surface area contributed by atoms with Gasteiger partial charge in [0.1, 0.15) is 0 Å². The van der Waals surface area contributed by atoms with Crippen molar-refractivity contribution >= 4 is 17.9 Å². The molecule has 0 bridgehead atoms. The molecule has 1 saturated heterocycles. The summed E-state index contributed by atoms with van der Waals surface area (Å²) in [4.78, 5) is 37.0. The number of piperidine rings is 1. The first-order valence-electron chi connectivity index (χ1n) is 8.53. The first-order valence-corrected chi connectivity index (χ1v) is 8.53. The maximum absolute atomic E-state index is 12.3. The van der Waals surface area contributed by atoms with E-state index < -0.39 is 11.9 Å². The van der Waals surface area contributed by atoms with Crippen LogP contribution in [0.3, 0.4) is 0 Å². The number of carboxylic acid groups (broad SMARTS) is 1. The summed E-state index contributed by atoms with van der Waals surface area (Å²) in [6, 6.07) is 6.79. The topological polar surface area (TPSA) is 98.7 Å². The van der Waals surface area contributed by atoms with Gasteiger partial charge in [-0.25, -0.2) is 4.79 Å². The molecule has 3 N–H and O–H groups in total. The van der Waals surface area contributed by atoms with E-state index in [1.54, 1.807) is 23.1 Å². The molecule has 1 heterocycles. The first kappa shape index (κ1) is 18.8. The van der Waals surface area contributed by atoms with Crippen molar-refractivity contribution in [2.24, 2.45) is 11.8 Å². The molecule has 25 heavy (non-hydrogen) atoms. The van der Waals surface area contributed by atoms with Gasteiger partial charge in [-0.2, -0.15) is 0 Å². The minimum absolute atomic E-state index is 0.148. The van der Waals surface area contributed by atoms with E-state index in [9.17, 15) is 19.5 Å². The molecule has 3 amide bonds. The number of carbonyl (C=O) groups is 3. The van der Waals surface area contributed by atoms with Gasteiger partial charge in [0.2, 0.25) is 0 Å². The van der Waals surface area contributed by atoms with E-state index in [2.05, 4.69) is 10.6 Å². The third-order valence-electron chi connectivity index (χ3n) is 4.27. The van der Waals surface area contributed by atoms with Gasteiger partial charge in [0, 0.05) is 31.7 Å². The Morgan fingerprint density at radius 3 is 2.68 bits per heavy atom. The summed E-state index contributed by atoms with van der Waals surface area (Å²) in [5, 5.41) is 14.7. The Kier molecular flexibility index (Phi) is 6.38. The van der Waals surface area contributed by atoms with Crippen molar-refractivity contribution in [3.05, 3.63) is 35.4 Å². The van der Waals surface area contributed by atoms with Crippen LogP contribution in [0.2, 0.25) is 0 Å². The highest BCUT2D eigenvalue weighted by molar-refractivity contribution is 5.94. The zero-order valence-electron chi connectivity index (χ0n) is 14.6. The summed E-state index contributed by atoms with van der Waals surface area (Å²) >= 11 is 0. The molecule has 136 valence electrons. The standard InChI is InChI=1S/C18H25N3O4/c1-3-19-16(22)14-6-4-5-13(8-14)9-20-18(25)21-10-12(2)7-15(11-21)17(23)24/h4-6,8,12,15H,3,7,9-11H2,1-2H3,(H,19,22)(H,20,25)(H,23,24). The fourth-order valence-corrected chi connectivity index (χ4v) is 3.07. The Labute approximate surface area is 147 Å². The number of urea groups is 1. The van der Waals surface area contributed by atoms with Crippen molar-refractivity contribution in [3.8, 4) is 0 Å². The predicted octanol–water partition coefficient (Wildman–Crippen LogP) is 1.69. The van der Waals surface area contributed by atoms with Crippen LogP contribution < -0.4 is 10.6 Å². The van der Waals surface area contributed by atoms with Crippen LogP contribution >= 0.6 is 0 Å². The van der Waals surface area contributed by atoms with Gasteiger partial charge < -0.3 is 20.6 Å². The van der Waals surface area contributed by atoms with Crippen LogP contribution in [-0.4, -0.2) is 47.5 Å². The number of amides is 3. The average molecular weight is 347 g/mol. The largest absolute Gasteiger partial charge is 0.481 e. The van der Waals surface area contributed by atoms with Crippen molar-refractivity contribution in [1.29, 1.82) is 0 Å². The Bertz CT molecular complexity index is 647. The number of benzene rings is 1. The normalized spacial score (nSPS) is 20.0. The number of nitrogens with zero attached hydrogens (tertiary/aromatic N) is 1. The third kappa shape index (κ3) is 5.20. The number of likely N-dealkylation sites (tertiary alicyclic amines) is 1.